The Hall–Kier alpha value is -3.84. The molecule has 2 aromatic heterocycles. The van der Waals surface area contributed by atoms with E-state index in [1.807, 2.05) is 37.3 Å². The molecule has 1 amide bonds. The Morgan fingerprint density at radius 3 is 2.82 bits per heavy atom. The maximum atomic E-state index is 13.6. The largest absolute Gasteiger partial charge is 0.456 e. The highest BCUT2D eigenvalue weighted by Gasteiger charge is 2.30. The Balaban J connectivity index is 1.54. The summed E-state index contributed by atoms with van der Waals surface area (Å²) in [4.78, 5) is 31.7. The lowest BCUT2D eigenvalue weighted by molar-refractivity contribution is -0.125. The molecule has 0 bridgehead atoms. The number of imidazole rings is 1. The summed E-state index contributed by atoms with van der Waals surface area (Å²) in [5, 5.41) is 0.388. The number of hydrogen-bond donors (Lipinski definition) is 0. The van der Waals surface area contributed by atoms with Crippen molar-refractivity contribution < 1.29 is 9.53 Å². The van der Waals surface area contributed by atoms with E-state index in [-0.39, 0.29) is 17.6 Å². The second-order valence-electron chi connectivity index (χ2n) is 8.32. The van der Waals surface area contributed by atoms with E-state index in [0.717, 1.165) is 11.1 Å². The average Bonchev–Trinajstić information content (AvgIpc) is 3.42. The standard InChI is InChI=1S/C26H23ClN4O3/c1-3-25(32)29-12-10-19(16-29)31-22-9-11-28-15-23(22)30(26(31)33)18-7-8-24(21(27)14-18)34-20-6-4-5-17(2)13-20/h3-9,11,13-15,19H,1,10,12,16H2,2H3. The molecular weight excluding hydrogens is 452 g/mol. The van der Waals surface area contributed by atoms with Crippen LogP contribution in [0.25, 0.3) is 16.7 Å². The number of benzene rings is 2. The van der Waals surface area contributed by atoms with Gasteiger partial charge in [0.25, 0.3) is 0 Å². The van der Waals surface area contributed by atoms with Crippen molar-refractivity contribution in [2.75, 3.05) is 13.1 Å². The fraction of sp³-hybridized carbons (Fsp3) is 0.192. The average molecular weight is 475 g/mol. The quantitative estimate of drug-likeness (QED) is 0.386. The van der Waals surface area contributed by atoms with Gasteiger partial charge < -0.3 is 9.64 Å². The summed E-state index contributed by atoms with van der Waals surface area (Å²) in [6.07, 6.45) is 5.32. The zero-order valence-electron chi connectivity index (χ0n) is 18.6. The Labute approximate surface area is 201 Å². The highest BCUT2D eigenvalue weighted by atomic mass is 35.5. The molecule has 8 heteroatoms. The lowest BCUT2D eigenvalue weighted by Gasteiger charge is -2.15. The molecule has 7 nitrogen and oxygen atoms in total. The first-order chi connectivity index (χ1) is 16.5. The molecule has 1 fully saturated rings. The molecule has 4 aromatic rings. The highest BCUT2D eigenvalue weighted by molar-refractivity contribution is 6.32. The number of likely N-dealkylation sites (tertiary alicyclic amines) is 1. The lowest BCUT2D eigenvalue weighted by atomic mass is 10.2. The van der Waals surface area contributed by atoms with Gasteiger partial charge in [0, 0.05) is 19.3 Å². The van der Waals surface area contributed by atoms with Crippen LogP contribution in [-0.2, 0) is 4.79 Å². The molecule has 0 saturated carbocycles. The molecule has 0 aliphatic carbocycles. The number of pyridine rings is 1. The van der Waals surface area contributed by atoms with Crippen molar-refractivity contribution in [1.29, 1.82) is 0 Å². The Morgan fingerprint density at radius 1 is 1.21 bits per heavy atom. The van der Waals surface area contributed by atoms with Crippen LogP contribution in [0.1, 0.15) is 18.0 Å². The zero-order valence-corrected chi connectivity index (χ0v) is 19.4. The molecule has 1 atom stereocenters. The van der Waals surface area contributed by atoms with Crippen LogP contribution in [0, 0.1) is 6.92 Å². The van der Waals surface area contributed by atoms with Crippen LogP contribution in [0.4, 0.5) is 0 Å². The van der Waals surface area contributed by atoms with Crippen molar-refractivity contribution in [1.82, 2.24) is 19.0 Å². The summed E-state index contributed by atoms with van der Waals surface area (Å²) in [7, 11) is 0. The van der Waals surface area contributed by atoms with Gasteiger partial charge in [-0.05, 0) is 61.4 Å². The smallest absolute Gasteiger partial charge is 0.334 e. The second-order valence-corrected chi connectivity index (χ2v) is 8.72. The topological polar surface area (TPSA) is 69.4 Å². The molecular formula is C26H23ClN4O3. The van der Waals surface area contributed by atoms with Crippen molar-refractivity contribution in [2.45, 2.75) is 19.4 Å². The van der Waals surface area contributed by atoms with E-state index in [1.54, 1.807) is 44.6 Å². The summed E-state index contributed by atoms with van der Waals surface area (Å²) in [5.74, 6) is 1.06. The molecule has 172 valence electrons. The number of ether oxygens (including phenoxy) is 1. The van der Waals surface area contributed by atoms with Gasteiger partial charge in [-0.3, -0.25) is 18.9 Å². The number of fused-ring (bicyclic) bond motifs is 1. The number of amides is 1. The van der Waals surface area contributed by atoms with E-state index in [0.29, 0.717) is 47.2 Å². The fourth-order valence-corrected chi connectivity index (χ4v) is 4.68. The first kappa shape index (κ1) is 22.0. The molecule has 0 spiro atoms. The number of carbonyl (C=O) groups is 1. The number of halogens is 1. The molecule has 0 N–H and O–H groups in total. The predicted molar refractivity (Wildman–Crippen MR) is 132 cm³/mol. The monoisotopic (exact) mass is 474 g/mol. The minimum atomic E-state index is -0.204. The van der Waals surface area contributed by atoms with E-state index in [9.17, 15) is 9.59 Å². The van der Waals surface area contributed by atoms with Crippen LogP contribution in [0.15, 0.2) is 78.4 Å². The van der Waals surface area contributed by atoms with Crippen LogP contribution >= 0.6 is 11.6 Å². The predicted octanol–water partition coefficient (Wildman–Crippen LogP) is 4.90. The van der Waals surface area contributed by atoms with Crippen molar-refractivity contribution in [3.05, 3.63) is 94.6 Å². The first-order valence-electron chi connectivity index (χ1n) is 11.0. The van der Waals surface area contributed by atoms with Crippen molar-refractivity contribution in [2.24, 2.45) is 0 Å². The SMILES string of the molecule is C=CC(=O)N1CCC(n2c(=O)n(-c3ccc(Oc4cccc(C)c4)c(Cl)c3)c3cnccc32)C1. The van der Waals surface area contributed by atoms with E-state index in [4.69, 9.17) is 16.3 Å². The summed E-state index contributed by atoms with van der Waals surface area (Å²) in [6.45, 7) is 6.59. The Bertz CT molecular complexity index is 1470. The number of hydrogen-bond acceptors (Lipinski definition) is 4. The van der Waals surface area contributed by atoms with Gasteiger partial charge in [-0.1, -0.05) is 30.3 Å². The van der Waals surface area contributed by atoms with Gasteiger partial charge in [0.15, 0.2) is 0 Å². The summed E-state index contributed by atoms with van der Waals surface area (Å²) in [6, 6.07) is 14.7. The third-order valence-electron chi connectivity index (χ3n) is 6.08. The van der Waals surface area contributed by atoms with Crippen LogP contribution in [-0.4, -0.2) is 38.0 Å². The molecule has 34 heavy (non-hydrogen) atoms. The van der Waals surface area contributed by atoms with Crippen LogP contribution in [0.5, 0.6) is 11.5 Å². The third kappa shape index (κ3) is 3.88. The minimum absolute atomic E-state index is 0.128. The third-order valence-corrected chi connectivity index (χ3v) is 6.38. The van der Waals surface area contributed by atoms with E-state index in [2.05, 4.69) is 11.6 Å². The van der Waals surface area contributed by atoms with Crippen LogP contribution < -0.4 is 10.4 Å². The number of carbonyl (C=O) groups excluding carboxylic acids is 1. The zero-order chi connectivity index (χ0) is 23.8. The maximum absolute atomic E-state index is 13.6. The molecule has 2 aromatic carbocycles. The molecule has 1 saturated heterocycles. The molecule has 3 heterocycles. The normalized spacial score (nSPS) is 15.6. The second kappa shape index (κ2) is 8.83. The number of rotatable bonds is 5. The molecule has 1 unspecified atom stereocenters. The first-order valence-corrected chi connectivity index (χ1v) is 11.4. The summed E-state index contributed by atoms with van der Waals surface area (Å²) >= 11 is 6.56. The molecule has 5 rings (SSSR count). The Kier molecular flexibility index (Phi) is 5.71. The molecule has 1 aliphatic heterocycles. The van der Waals surface area contributed by atoms with Crippen LogP contribution in [0.3, 0.4) is 0 Å². The van der Waals surface area contributed by atoms with Gasteiger partial charge in [-0.25, -0.2) is 4.79 Å². The van der Waals surface area contributed by atoms with E-state index >= 15 is 0 Å². The molecule has 1 aliphatic rings. The fourth-order valence-electron chi connectivity index (χ4n) is 4.47. The van der Waals surface area contributed by atoms with Gasteiger partial charge in [0.05, 0.1) is 34.0 Å². The van der Waals surface area contributed by atoms with Crippen molar-refractivity contribution in [3.63, 3.8) is 0 Å². The maximum Gasteiger partial charge on any atom is 0.334 e. The van der Waals surface area contributed by atoms with E-state index < -0.39 is 0 Å². The van der Waals surface area contributed by atoms with Gasteiger partial charge in [0.1, 0.15) is 11.5 Å². The summed E-state index contributed by atoms with van der Waals surface area (Å²) in [5.41, 5.74) is 2.92. The minimum Gasteiger partial charge on any atom is -0.456 e. The number of aromatic nitrogens is 3. The molecule has 0 radical (unpaired) electrons. The number of aryl methyl sites for hydroxylation is 1. The van der Waals surface area contributed by atoms with Gasteiger partial charge >= 0.3 is 5.69 Å². The van der Waals surface area contributed by atoms with Crippen molar-refractivity contribution >= 4 is 28.5 Å². The van der Waals surface area contributed by atoms with Gasteiger partial charge in [-0.2, -0.15) is 0 Å². The Morgan fingerprint density at radius 2 is 2.06 bits per heavy atom. The van der Waals surface area contributed by atoms with Crippen LogP contribution in [0.2, 0.25) is 5.02 Å². The van der Waals surface area contributed by atoms with E-state index in [1.165, 1.54) is 6.08 Å². The number of nitrogens with zero attached hydrogens (tertiary/aromatic N) is 4. The van der Waals surface area contributed by atoms with Gasteiger partial charge in [-0.15, -0.1) is 0 Å². The highest BCUT2D eigenvalue weighted by Crippen LogP contribution is 2.33. The lowest BCUT2D eigenvalue weighted by Crippen LogP contribution is -2.31. The van der Waals surface area contributed by atoms with Gasteiger partial charge in [0.2, 0.25) is 5.91 Å². The van der Waals surface area contributed by atoms with Crippen molar-refractivity contribution in [3.8, 4) is 17.2 Å². The summed E-state index contributed by atoms with van der Waals surface area (Å²) < 4.78 is 9.30.